The summed E-state index contributed by atoms with van der Waals surface area (Å²) in [7, 11) is 0. The van der Waals surface area contributed by atoms with Gasteiger partial charge in [0.1, 0.15) is 6.61 Å². The number of carbonyl (C=O) groups is 2. The topological polar surface area (TPSA) is 55.8 Å². The van der Waals surface area contributed by atoms with Crippen molar-refractivity contribution in [3.8, 4) is 0 Å². The van der Waals surface area contributed by atoms with Gasteiger partial charge in [0, 0.05) is 13.1 Å². The Kier molecular flexibility index (Phi) is 5.56. The van der Waals surface area contributed by atoms with Gasteiger partial charge in [-0.2, -0.15) is 0 Å². The highest BCUT2D eigenvalue weighted by atomic mass is 16.6. The predicted molar refractivity (Wildman–Crippen MR) is 97.7 cm³/mol. The number of hydrogen-bond donors (Lipinski definition) is 0. The Bertz CT molecular complexity index is 786. The molecule has 0 aromatic heterocycles. The second-order valence-corrected chi connectivity index (χ2v) is 6.65. The Balaban J connectivity index is 1.60. The molecule has 1 amide bonds. The zero-order valence-corrected chi connectivity index (χ0v) is 15.1. The lowest BCUT2D eigenvalue weighted by Crippen LogP contribution is -2.36. The molecule has 0 unspecified atom stereocenters. The van der Waals surface area contributed by atoms with Gasteiger partial charge in [0.2, 0.25) is 0 Å². The summed E-state index contributed by atoms with van der Waals surface area (Å²) in [5, 5.41) is 0. The fourth-order valence-electron chi connectivity index (χ4n) is 2.93. The highest BCUT2D eigenvalue weighted by molar-refractivity contribution is 5.89. The van der Waals surface area contributed by atoms with E-state index >= 15 is 0 Å². The molecule has 0 radical (unpaired) electrons. The first-order valence-electron chi connectivity index (χ1n) is 8.81. The highest BCUT2D eigenvalue weighted by Gasteiger charge is 2.23. The van der Waals surface area contributed by atoms with E-state index in [4.69, 9.17) is 9.47 Å². The van der Waals surface area contributed by atoms with E-state index < -0.39 is 0 Å². The zero-order chi connectivity index (χ0) is 18.5. The Morgan fingerprint density at radius 2 is 1.85 bits per heavy atom. The molecule has 0 spiro atoms. The minimum absolute atomic E-state index is 0.145. The molecule has 136 valence electrons. The molecular weight excluding hydrogens is 330 g/mol. The summed E-state index contributed by atoms with van der Waals surface area (Å²) < 4.78 is 10.6. The summed E-state index contributed by atoms with van der Waals surface area (Å²) in [6, 6.07) is 15.1. The molecule has 0 N–H and O–H groups in total. The lowest BCUT2D eigenvalue weighted by atomic mass is 9.97. The van der Waals surface area contributed by atoms with Crippen LogP contribution in [0, 0.1) is 0 Å². The molecule has 2 aromatic carbocycles. The van der Waals surface area contributed by atoms with Crippen LogP contribution >= 0.6 is 0 Å². The lowest BCUT2D eigenvalue weighted by molar-refractivity contribution is 0.0377. The molecule has 0 atom stereocenters. The van der Waals surface area contributed by atoms with Crippen LogP contribution in [0.3, 0.4) is 0 Å². The number of nitrogens with zero attached hydrogens (tertiary/aromatic N) is 1. The number of fused-ring (bicyclic) bond motifs is 1. The molecule has 1 aliphatic rings. The summed E-state index contributed by atoms with van der Waals surface area (Å²) >= 11 is 0. The van der Waals surface area contributed by atoms with Crippen molar-refractivity contribution < 1.29 is 19.1 Å². The fraction of sp³-hybridized carbons (Fsp3) is 0.333. The van der Waals surface area contributed by atoms with Gasteiger partial charge >= 0.3 is 12.1 Å². The second kappa shape index (κ2) is 8.04. The molecular formula is C21H23NO4. The average Bonchev–Trinajstić information content (AvgIpc) is 2.65. The van der Waals surface area contributed by atoms with Crippen LogP contribution < -0.4 is 0 Å². The molecule has 5 nitrogen and oxygen atoms in total. The highest BCUT2D eigenvalue weighted by Crippen LogP contribution is 2.22. The molecule has 1 heterocycles. The van der Waals surface area contributed by atoms with Crippen molar-refractivity contribution >= 4 is 12.1 Å². The van der Waals surface area contributed by atoms with Crippen molar-refractivity contribution in [1.29, 1.82) is 0 Å². The summed E-state index contributed by atoms with van der Waals surface area (Å²) in [6.45, 7) is 4.99. The number of amides is 1. The van der Waals surface area contributed by atoms with Crippen LogP contribution in [0.5, 0.6) is 0 Å². The van der Waals surface area contributed by atoms with Crippen LogP contribution in [0.15, 0.2) is 48.5 Å². The quantitative estimate of drug-likeness (QED) is 0.781. The average molecular weight is 353 g/mol. The van der Waals surface area contributed by atoms with Crippen LogP contribution in [0.25, 0.3) is 0 Å². The van der Waals surface area contributed by atoms with E-state index in [0.29, 0.717) is 25.1 Å². The minimum Gasteiger partial charge on any atom is -0.459 e. The Hall–Kier alpha value is -2.82. The van der Waals surface area contributed by atoms with E-state index in [-0.39, 0.29) is 24.8 Å². The van der Waals surface area contributed by atoms with Gasteiger partial charge in [-0.3, -0.25) is 0 Å². The van der Waals surface area contributed by atoms with Crippen molar-refractivity contribution in [2.75, 3.05) is 6.54 Å². The predicted octanol–water partition coefficient (Wildman–Crippen LogP) is 3.95. The third kappa shape index (κ3) is 4.42. The molecule has 2 aromatic rings. The zero-order valence-electron chi connectivity index (χ0n) is 15.1. The summed E-state index contributed by atoms with van der Waals surface area (Å²) in [5.41, 5.74) is 3.63. The third-order valence-corrected chi connectivity index (χ3v) is 4.26. The van der Waals surface area contributed by atoms with Crippen molar-refractivity contribution in [1.82, 2.24) is 4.90 Å². The second-order valence-electron chi connectivity index (χ2n) is 6.65. The number of benzene rings is 2. The van der Waals surface area contributed by atoms with Crippen LogP contribution in [-0.4, -0.2) is 29.6 Å². The summed E-state index contributed by atoms with van der Waals surface area (Å²) in [5.74, 6) is -0.312. The summed E-state index contributed by atoms with van der Waals surface area (Å²) in [6.07, 6.45) is 0.231. The van der Waals surface area contributed by atoms with Gasteiger partial charge in [0.05, 0.1) is 11.7 Å². The molecule has 26 heavy (non-hydrogen) atoms. The lowest BCUT2D eigenvalue weighted by Gasteiger charge is -2.28. The molecule has 5 heteroatoms. The van der Waals surface area contributed by atoms with Gasteiger partial charge in [0.25, 0.3) is 0 Å². The molecule has 0 bridgehead atoms. The van der Waals surface area contributed by atoms with Gasteiger partial charge in [0.15, 0.2) is 0 Å². The van der Waals surface area contributed by atoms with E-state index in [2.05, 4.69) is 0 Å². The van der Waals surface area contributed by atoms with Gasteiger partial charge < -0.3 is 14.4 Å². The van der Waals surface area contributed by atoms with Crippen LogP contribution in [0.4, 0.5) is 4.79 Å². The number of rotatable bonds is 4. The molecule has 3 rings (SSSR count). The number of carbonyl (C=O) groups excluding carboxylic acids is 2. The van der Waals surface area contributed by atoms with Crippen LogP contribution in [0.2, 0.25) is 0 Å². The van der Waals surface area contributed by atoms with E-state index in [1.165, 1.54) is 0 Å². The monoisotopic (exact) mass is 353 g/mol. The number of hydrogen-bond acceptors (Lipinski definition) is 4. The van der Waals surface area contributed by atoms with Crippen molar-refractivity contribution in [2.24, 2.45) is 0 Å². The van der Waals surface area contributed by atoms with Gasteiger partial charge in [-0.1, -0.05) is 36.4 Å². The number of ether oxygens (including phenoxy) is 2. The third-order valence-electron chi connectivity index (χ3n) is 4.26. The van der Waals surface area contributed by atoms with Crippen molar-refractivity contribution in [3.05, 3.63) is 70.8 Å². The molecule has 1 aliphatic heterocycles. The van der Waals surface area contributed by atoms with Crippen LogP contribution in [-0.2, 0) is 29.0 Å². The van der Waals surface area contributed by atoms with E-state index in [1.807, 2.05) is 56.3 Å². The molecule has 0 saturated heterocycles. The molecule has 0 fully saturated rings. The smallest absolute Gasteiger partial charge is 0.410 e. The van der Waals surface area contributed by atoms with Crippen molar-refractivity contribution in [2.45, 2.75) is 39.5 Å². The van der Waals surface area contributed by atoms with Crippen LogP contribution in [0.1, 0.15) is 40.9 Å². The van der Waals surface area contributed by atoms with E-state index in [1.54, 1.807) is 11.0 Å². The minimum atomic E-state index is -0.317. The largest absolute Gasteiger partial charge is 0.459 e. The normalized spacial score (nSPS) is 13.3. The molecule has 0 saturated carbocycles. The molecule has 0 aliphatic carbocycles. The maximum atomic E-state index is 12.3. The van der Waals surface area contributed by atoms with Gasteiger partial charge in [-0.05, 0) is 49.1 Å². The fourth-order valence-corrected chi connectivity index (χ4v) is 2.93. The Morgan fingerprint density at radius 3 is 2.58 bits per heavy atom. The standard InChI is InChI=1S/C21H23NO4/c1-15(2)26-20(23)18-8-9-19-13-22(11-10-17(19)12-18)21(24)25-14-16-6-4-3-5-7-16/h3-9,12,15H,10-11,13-14H2,1-2H3. The number of esters is 1. The van der Waals surface area contributed by atoms with E-state index in [0.717, 1.165) is 16.7 Å². The van der Waals surface area contributed by atoms with Crippen molar-refractivity contribution in [3.63, 3.8) is 0 Å². The first-order valence-corrected chi connectivity index (χ1v) is 8.81. The first-order chi connectivity index (χ1) is 12.5. The SMILES string of the molecule is CC(C)OC(=O)c1ccc2c(c1)CCN(C(=O)OCc1ccccc1)C2. The maximum Gasteiger partial charge on any atom is 0.410 e. The van der Waals surface area contributed by atoms with Gasteiger partial charge in [-0.25, -0.2) is 9.59 Å². The summed E-state index contributed by atoms with van der Waals surface area (Å²) in [4.78, 5) is 26.0. The maximum absolute atomic E-state index is 12.3. The first kappa shape index (κ1) is 18.0. The van der Waals surface area contributed by atoms with Gasteiger partial charge in [-0.15, -0.1) is 0 Å². The Labute approximate surface area is 153 Å². The Morgan fingerprint density at radius 1 is 1.08 bits per heavy atom. The van der Waals surface area contributed by atoms with E-state index in [9.17, 15) is 9.59 Å².